The van der Waals surface area contributed by atoms with Crippen molar-refractivity contribution in [3.05, 3.63) is 65.0 Å². The molecule has 2 aromatic rings. The highest BCUT2D eigenvalue weighted by molar-refractivity contribution is 14.0. The maximum absolute atomic E-state index is 13.6. The van der Waals surface area contributed by atoms with Crippen LogP contribution in [0.5, 0.6) is 0 Å². The van der Waals surface area contributed by atoms with Crippen LogP contribution in [-0.4, -0.2) is 13.1 Å². The van der Waals surface area contributed by atoms with Crippen molar-refractivity contribution in [2.75, 3.05) is 12.4 Å². The summed E-state index contributed by atoms with van der Waals surface area (Å²) >= 11 is 0. The van der Waals surface area contributed by atoms with Gasteiger partial charge in [-0.25, -0.2) is 9.38 Å². The number of nitrogens with one attached hydrogen (secondary N) is 1. The second-order valence-corrected chi connectivity index (χ2v) is 6.12. The van der Waals surface area contributed by atoms with E-state index in [1.165, 1.54) is 11.6 Å². The smallest absolute Gasteiger partial charge is 0.193 e. The zero-order valence-electron chi connectivity index (χ0n) is 15.5. The molecule has 0 aromatic heterocycles. The van der Waals surface area contributed by atoms with Gasteiger partial charge in [0, 0.05) is 18.4 Å². The van der Waals surface area contributed by atoms with Crippen molar-refractivity contribution >= 4 is 35.6 Å². The second-order valence-electron chi connectivity index (χ2n) is 6.12. The Morgan fingerprint density at radius 1 is 1.23 bits per heavy atom. The van der Waals surface area contributed by atoms with Crippen molar-refractivity contribution in [1.82, 2.24) is 0 Å². The molecule has 142 valence electrons. The maximum atomic E-state index is 13.6. The number of hydrogen-bond acceptors (Lipinski definition) is 2. The summed E-state index contributed by atoms with van der Waals surface area (Å²) in [4.78, 5) is 4.31. The first kappa shape index (κ1) is 22.4. The number of halogens is 2. The van der Waals surface area contributed by atoms with E-state index in [-0.39, 0.29) is 36.4 Å². The summed E-state index contributed by atoms with van der Waals surface area (Å²) in [7, 11) is 1.54. The van der Waals surface area contributed by atoms with Gasteiger partial charge >= 0.3 is 0 Å². The molecule has 2 aromatic carbocycles. The Labute approximate surface area is 172 Å². The Balaban J connectivity index is 0.00000338. The molecule has 0 aliphatic heterocycles. The predicted molar refractivity (Wildman–Crippen MR) is 117 cm³/mol. The first-order valence-electron chi connectivity index (χ1n) is 8.46. The molecule has 0 bridgehead atoms. The van der Waals surface area contributed by atoms with Crippen LogP contribution < -0.4 is 11.1 Å². The molecule has 0 aliphatic carbocycles. The molecule has 0 saturated carbocycles. The van der Waals surface area contributed by atoms with Gasteiger partial charge in [0.05, 0.1) is 13.2 Å². The lowest BCUT2D eigenvalue weighted by atomic mass is 9.99. The highest BCUT2D eigenvalue weighted by atomic mass is 127. The van der Waals surface area contributed by atoms with E-state index in [4.69, 9.17) is 10.5 Å². The molecule has 6 heteroatoms. The fraction of sp³-hybridized carbons (Fsp3) is 0.350. The van der Waals surface area contributed by atoms with Gasteiger partial charge in [-0.3, -0.25) is 0 Å². The summed E-state index contributed by atoms with van der Waals surface area (Å²) in [5, 5.41) is 3.08. The van der Waals surface area contributed by atoms with E-state index in [0.29, 0.717) is 24.0 Å². The van der Waals surface area contributed by atoms with Gasteiger partial charge < -0.3 is 15.8 Å². The number of benzene rings is 2. The molecule has 1 atom stereocenters. The molecule has 0 amide bonds. The summed E-state index contributed by atoms with van der Waals surface area (Å²) in [5.41, 5.74) is 9.54. The lowest BCUT2D eigenvalue weighted by Gasteiger charge is -2.11. The molecule has 2 rings (SSSR count). The maximum Gasteiger partial charge on any atom is 0.193 e. The Morgan fingerprint density at radius 3 is 2.54 bits per heavy atom. The third-order valence-electron chi connectivity index (χ3n) is 4.21. The van der Waals surface area contributed by atoms with E-state index < -0.39 is 0 Å². The zero-order valence-corrected chi connectivity index (χ0v) is 17.8. The first-order chi connectivity index (χ1) is 12.0. The van der Waals surface area contributed by atoms with Gasteiger partial charge in [-0.2, -0.15) is 0 Å². The molecular weight excluding hydrogens is 444 g/mol. The van der Waals surface area contributed by atoms with E-state index in [1.54, 1.807) is 19.2 Å². The molecular formula is C20H27FIN3O. The summed E-state index contributed by atoms with van der Waals surface area (Å²) in [6.07, 6.45) is 1.11. The second kappa shape index (κ2) is 11.1. The van der Waals surface area contributed by atoms with Gasteiger partial charge in [-0.1, -0.05) is 32.0 Å². The van der Waals surface area contributed by atoms with E-state index in [1.807, 2.05) is 12.1 Å². The van der Waals surface area contributed by atoms with Crippen LogP contribution in [0.2, 0.25) is 0 Å². The zero-order chi connectivity index (χ0) is 18.2. The molecule has 0 fully saturated rings. The van der Waals surface area contributed by atoms with Gasteiger partial charge in [0.1, 0.15) is 5.82 Å². The Kier molecular flexibility index (Phi) is 9.58. The molecule has 0 aliphatic rings. The number of hydrogen-bond donors (Lipinski definition) is 2. The van der Waals surface area contributed by atoms with Crippen LogP contribution in [-0.2, 0) is 17.9 Å². The molecule has 3 N–H and O–H groups in total. The van der Waals surface area contributed by atoms with E-state index >= 15 is 0 Å². The number of anilines is 1. The standard InChI is InChI=1S/C20H26FN3O.HI/c1-4-14(2)16-6-8-18(9-7-16)24-20(22)23-12-15-5-10-19(21)17(11-15)13-25-3;/h5-11,14H,4,12-13H2,1-3H3,(H3,22,23,24);1H. The van der Waals surface area contributed by atoms with Crippen LogP contribution in [0.3, 0.4) is 0 Å². The number of nitrogens with zero attached hydrogens (tertiary/aromatic N) is 1. The average molecular weight is 471 g/mol. The SMILES string of the molecule is CCC(C)c1ccc(NC(N)=NCc2ccc(F)c(COC)c2)cc1.I. The van der Waals surface area contributed by atoms with Crippen molar-refractivity contribution in [2.24, 2.45) is 10.7 Å². The van der Waals surface area contributed by atoms with Crippen LogP contribution in [0.4, 0.5) is 10.1 Å². The predicted octanol–water partition coefficient (Wildman–Crippen LogP) is 5.03. The number of methoxy groups -OCH3 is 1. The Hall–Kier alpha value is -1.67. The minimum Gasteiger partial charge on any atom is -0.380 e. The molecule has 0 spiro atoms. The fourth-order valence-electron chi connectivity index (χ4n) is 2.49. The Bertz CT molecular complexity index is 719. The van der Waals surface area contributed by atoms with Crippen LogP contribution >= 0.6 is 24.0 Å². The molecule has 1 unspecified atom stereocenters. The van der Waals surface area contributed by atoms with E-state index in [2.05, 4.69) is 36.3 Å². The largest absolute Gasteiger partial charge is 0.380 e. The van der Waals surface area contributed by atoms with Crippen LogP contribution in [0, 0.1) is 5.82 Å². The quantitative estimate of drug-likeness (QED) is 0.338. The number of guanidine groups is 1. The molecule has 0 heterocycles. The normalized spacial score (nSPS) is 12.4. The summed E-state index contributed by atoms with van der Waals surface area (Å²) in [6, 6.07) is 13.1. The van der Waals surface area contributed by atoms with E-state index in [9.17, 15) is 4.39 Å². The van der Waals surface area contributed by atoms with Crippen LogP contribution in [0.25, 0.3) is 0 Å². The summed E-state index contributed by atoms with van der Waals surface area (Å²) in [6.45, 7) is 4.99. The summed E-state index contributed by atoms with van der Waals surface area (Å²) in [5.74, 6) is 0.593. The Morgan fingerprint density at radius 2 is 1.92 bits per heavy atom. The van der Waals surface area contributed by atoms with Crippen molar-refractivity contribution in [3.63, 3.8) is 0 Å². The molecule has 4 nitrogen and oxygen atoms in total. The molecule has 26 heavy (non-hydrogen) atoms. The first-order valence-corrected chi connectivity index (χ1v) is 8.46. The fourth-order valence-corrected chi connectivity index (χ4v) is 2.49. The third-order valence-corrected chi connectivity index (χ3v) is 4.21. The monoisotopic (exact) mass is 471 g/mol. The van der Waals surface area contributed by atoms with Crippen molar-refractivity contribution in [1.29, 1.82) is 0 Å². The van der Waals surface area contributed by atoms with Crippen molar-refractivity contribution in [3.8, 4) is 0 Å². The molecule has 0 saturated heterocycles. The number of rotatable bonds is 7. The number of ether oxygens (including phenoxy) is 1. The van der Waals surface area contributed by atoms with Gasteiger partial charge in [-0.05, 0) is 47.7 Å². The number of nitrogens with two attached hydrogens (primary N) is 1. The lowest BCUT2D eigenvalue weighted by molar-refractivity contribution is 0.181. The van der Waals surface area contributed by atoms with Crippen molar-refractivity contribution < 1.29 is 9.13 Å². The molecule has 0 radical (unpaired) electrons. The average Bonchev–Trinajstić information content (AvgIpc) is 2.62. The number of aliphatic imine (C=N–C) groups is 1. The third kappa shape index (κ3) is 6.57. The van der Waals surface area contributed by atoms with Crippen molar-refractivity contribution in [2.45, 2.75) is 39.3 Å². The highest BCUT2D eigenvalue weighted by Gasteiger charge is 2.04. The van der Waals surface area contributed by atoms with E-state index in [0.717, 1.165) is 17.7 Å². The topological polar surface area (TPSA) is 59.6 Å². The van der Waals surface area contributed by atoms with Gasteiger partial charge in [0.15, 0.2) is 5.96 Å². The van der Waals surface area contributed by atoms with Gasteiger partial charge in [0.25, 0.3) is 0 Å². The lowest BCUT2D eigenvalue weighted by Crippen LogP contribution is -2.22. The summed E-state index contributed by atoms with van der Waals surface area (Å²) < 4.78 is 18.6. The van der Waals surface area contributed by atoms with Gasteiger partial charge in [0.2, 0.25) is 0 Å². The minimum atomic E-state index is -0.276. The minimum absolute atomic E-state index is 0. The van der Waals surface area contributed by atoms with Crippen LogP contribution in [0.15, 0.2) is 47.5 Å². The van der Waals surface area contributed by atoms with Gasteiger partial charge in [-0.15, -0.1) is 24.0 Å². The van der Waals surface area contributed by atoms with Crippen LogP contribution in [0.1, 0.15) is 42.9 Å². The highest BCUT2D eigenvalue weighted by Crippen LogP contribution is 2.20.